The molecule has 172 valence electrons. The first-order valence-electron chi connectivity index (χ1n) is 9.58. The van der Waals surface area contributed by atoms with Gasteiger partial charge in [-0.3, -0.25) is 0 Å². The minimum Gasteiger partial charge on any atom is -0.496 e. The molecule has 0 saturated heterocycles. The van der Waals surface area contributed by atoms with Crippen LogP contribution in [0.3, 0.4) is 0 Å². The minimum absolute atomic E-state index is 0.0166. The summed E-state index contributed by atoms with van der Waals surface area (Å²) in [6.45, 7) is 0. The van der Waals surface area contributed by atoms with Gasteiger partial charge in [-0.15, -0.1) is 0 Å². The fourth-order valence-electron chi connectivity index (χ4n) is 3.05. The highest BCUT2D eigenvalue weighted by molar-refractivity contribution is 9.11. The number of halogens is 4. The van der Waals surface area contributed by atoms with Crippen molar-refractivity contribution in [3.8, 4) is 11.5 Å². The third-order valence-corrected chi connectivity index (χ3v) is 6.43. The van der Waals surface area contributed by atoms with Crippen LogP contribution in [0.4, 0.5) is 0 Å². The van der Waals surface area contributed by atoms with E-state index in [9.17, 15) is 9.59 Å². The molecule has 1 aliphatic heterocycles. The molecule has 34 heavy (non-hydrogen) atoms. The van der Waals surface area contributed by atoms with Gasteiger partial charge in [0, 0.05) is 19.5 Å². The number of aliphatic imine (C=N–C) groups is 1. The smallest absolute Gasteiger partial charge is 0.363 e. The Labute approximate surface area is 225 Å². The lowest BCUT2D eigenvalue weighted by molar-refractivity contribution is -0.129. The van der Waals surface area contributed by atoms with Gasteiger partial charge in [-0.2, -0.15) is 0 Å². The first-order chi connectivity index (χ1) is 16.2. The van der Waals surface area contributed by atoms with E-state index in [-0.39, 0.29) is 17.3 Å². The van der Waals surface area contributed by atoms with Crippen molar-refractivity contribution in [2.45, 2.75) is 0 Å². The Morgan fingerprint density at radius 1 is 1.03 bits per heavy atom. The van der Waals surface area contributed by atoms with Gasteiger partial charge in [-0.25, -0.2) is 14.6 Å². The van der Waals surface area contributed by atoms with Gasteiger partial charge in [0.1, 0.15) is 5.75 Å². The number of nitrogens with zero attached hydrogens (tertiary/aromatic N) is 1. The van der Waals surface area contributed by atoms with Crippen molar-refractivity contribution in [1.82, 2.24) is 0 Å². The second kappa shape index (κ2) is 10.4. The maximum absolute atomic E-state index is 12.7. The number of rotatable bonds is 5. The van der Waals surface area contributed by atoms with Crippen molar-refractivity contribution in [3.63, 3.8) is 0 Å². The summed E-state index contributed by atoms with van der Waals surface area (Å²) in [4.78, 5) is 29.6. The fourth-order valence-corrected chi connectivity index (χ4v) is 4.83. The predicted molar refractivity (Wildman–Crippen MR) is 140 cm³/mol. The molecular weight excluding hydrogens is 657 g/mol. The minimum atomic E-state index is -0.668. The van der Waals surface area contributed by atoms with E-state index in [0.29, 0.717) is 36.4 Å². The van der Waals surface area contributed by atoms with Crippen LogP contribution >= 0.6 is 59.4 Å². The molecule has 0 aliphatic carbocycles. The number of esters is 2. The van der Waals surface area contributed by atoms with E-state index in [0.717, 1.165) is 4.47 Å². The van der Waals surface area contributed by atoms with Gasteiger partial charge in [0.2, 0.25) is 5.90 Å². The molecule has 1 heterocycles. The molecule has 1 aliphatic rings. The molecule has 0 N–H and O–H groups in total. The number of benzene rings is 3. The number of ether oxygens (including phenoxy) is 3. The number of cyclic esters (lactones) is 1. The first-order valence-corrected chi connectivity index (χ1v) is 12.3. The number of hydrogen-bond acceptors (Lipinski definition) is 6. The predicted octanol–water partition coefficient (Wildman–Crippen LogP) is 7.20. The van der Waals surface area contributed by atoms with Crippen molar-refractivity contribution in [2.75, 3.05) is 7.11 Å². The number of hydrogen-bond donors (Lipinski definition) is 0. The molecule has 0 radical (unpaired) electrons. The van der Waals surface area contributed by atoms with Gasteiger partial charge >= 0.3 is 11.9 Å². The fraction of sp³-hybridized carbons (Fsp3) is 0.0417. The Kier molecular flexibility index (Phi) is 7.57. The van der Waals surface area contributed by atoms with Crippen LogP contribution in [0.5, 0.6) is 11.5 Å². The summed E-state index contributed by atoms with van der Waals surface area (Å²) in [7, 11) is 1.49. The molecule has 0 atom stereocenters. The molecule has 0 spiro atoms. The number of carbonyl (C=O) groups excluding carboxylic acids is 2. The summed E-state index contributed by atoms with van der Waals surface area (Å²) in [6.07, 6.45) is 1.48. The largest absolute Gasteiger partial charge is 0.496 e. The molecule has 0 amide bonds. The van der Waals surface area contributed by atoms with Crippen LogP contribution in [0.1, 0.15) is 21.5 Å². The van der Waals surface area contributed by atoms with Gasteiger partial charge in [0.05, 0.1) is 22.7 Å². The maximum atomic E-state index is 12.7. The number of methoxy groups -OCH3 is 1. The molecule has 0 bridgehead atoms. The topological polar surface area (TPSA) is 74.2 Å². The molecular formula is C24H13Br3ClNO5. The zero-order valence-corrected chi connectivity index (χ0v) is 22.8. The van der Waals surface area contributed by atoms with Gasteiger partial charge in [0.15, 0.2) is 11.4 Å². The van der Waals surface area contributed by atoms with Crippen LogP contribution in [0, 0.1) is 0 Å². The Morgan fingerprint density at radius 3 is 2.47 bits per heavy atom. The van der Waals surface area contributed by atoms with E-state index in [2.05, 4.69) is 52.8 Å². The summed E-state index contributed by atoms with van der Waals surface area (Å²) in [5, 5.41) is 0.435. The lowest BCUT2D eigenvalue weighted by Gasteiger charge is -2.11. The molecule has 0 aromatic heterocycles. The molecule has 10 heteroatoms. The van der Waals surface area contributed by atoms with Crippen LogP contribution in [-0.4, -0.2) is 24.9 Å². The van der Waals surface area contributed by atoms with Gasteiger partial charge < -0.3 is 14.2 Å². The van der Waals surface area contributed by atoms with Gasteiger partial charge in [-0.05, 0) is 76.6 Å². The average Bonchev–Trinajstić information content (AvgIpc) is 3.16. The monoisotopic (exact) mass is 667 g/mol. The highest BCUT2D eigenvalue weighted by atomic mass is 79.9. The summed E-state index contributed by atoms with van der Waals surface area (Å²) in [5.74, 6) is -0.500. The zero-order chi connectivity index (χ0) is 24.4. The van der Waals surface area contributed by atoms with Crippen molar-refractivity contribution < 1.29 is 23.8 Å². The lowest BCUT2D eigenvalue weighted by atomic mass is 10.1. The molecule has 3 aromatic rings. The highest BCUT2D eigenvalue weighted by Crippen LogP contribution is 2.36. The third kappa shape index (κ3) is 5.43. The standard InChI is InChI=1S/C24H13Br3ClNO5/c1-32-20-7-6-16(28)11-17(20)22-29-19(24(31)34-22)9-13-8-15(26)10-18(27)21(13)33-23(30)12-2-4-14(25)5-3-12/h2-11H,1H3/b19-9-. The highest BCUT2D eigenvalue weighted by Gasteiger charge is 2.27. The Bertz CT molecular complexity index is 1370. The second-order valence-electron chi connectivity index (χ2n) is 6.88. The zero-order valence-electron chi connectivity index (χ0n) is 17.3. The van der Waals surface area contributed by atoms with E-state index >= 15 is 0 Å². The van der Waals surface area contributed by atoms with E-state index < -0.39 is 11.9 Å². The lowest BCUT2D eigenvalue weighted by Crippen LogP contribution is -2.10. The van der Waals surface area contributed by atoms with Crippen molar-refractivity contribution in [1.29, 1.82) is 0 Å². The average molecular weight is 671 g/mol. The molecule has 4 rings (SSSR count). The molecule has 6 nitrogen and oxygen atoms in total. The van der Waals surface area contributed by atoms with Crippen LogP contribution in [0.15, 0.2) is 78.7 Å². The first kappa shape index (κ1) is 24.7. The summed E-state index contributed by atoms with van der Waals surface area (Å²) < 4.78 is 18.4. The van der Waals surface area contributed by atoms with Crippen LogP contribution in [-0.2, 0) is 9.53 Å². The quantitative estimate of drug-likeness (QED) is 0.163. The van der Waals surface area contributed by atoms with Crippen molar-refractivity contribution in [2.24, 2.45) is 4.99 Å². The Balaban J connectivity index is 1.72. The maximum Gasteiger partial charge on any atom is 0.363 e. The molecule has 3 aromatic carbocycles. The Morgan fingerprint density at radius 2 is 1.76 bits per heavy atom. The van der Waals surface area contributed by atoms with Gasteiger partial charge in [0.25, 0.3) is 0 Å². The second-order valence-corrected chi connectivity index (χ2v) is 10.0. The number of carbonyl (C=O) groups is 2. The SMILES string of the molecule is COc1ccc(Cl)cc1C1=N/C(=C\c2cc(Br)cc(Br)c2OC(=O)c2ccc(Br)cc2)C(=O)O1. The summed E-state index contributed by atoms with van der Waals surface area (Å²) in [5.41, 5.74) is 1.25. The van der Waals surface area contributed by atoms with Crippen molar-refractivity contribution in [3.05, 3.63) is 95.4 Å². The van der Waals surface area contributed by atoms with E-state index in [1.165, 1.54) is 13.2 Å². The Hall–Kier alpha value is -2.46. The van der Waals surface area contributed by atoms with Crippen molar-refractivity contribution >= 4 is 83.3 Å². The van der Waals surface area contributed by atoms with E-state index in [1.807, 2.05) is 0 Å². The molecule has 0 unspecified atom stereocenters. The summed E-state index contributed by atoms with van der Waals surface area (Å²) in [6, 6.07) is 15.1. The van der Waals surface area contributed by atoms with E-state index in [4.69, 9.17) is 25.8 Å². The molecule has 0 saturated carbocycles. The van der Waals surface area contributed by atoms with Crippen LogP contribution in [0.25, 0.3) is 6.08 Å². The molecule has 0 fully saturated rings. The normalized spacial score (nSPS) is 14.1. The van der Waals surface area contributed by atoms with E-state index in [1.54, 1.807) is 54.6 Å². The summed E-state index contributed by atoms with van der Waals surface area (Å²) >= 11 is 16.3. The van der Waals surface area contributed by atoms with Gasteiger partial charge in [-0.1, -0.05) is 43.5 Å². The van der Waals surface area contributed by atoms with Crippen LogP contribution < -0.4 is 9.47 Å². The third-order valence-electron chi connectivity index (χ3n) is 4.62. The van der Waals surface area contributed by atoms with Crippen LogP contribution in [0.2, 0.25) is 5.02 Å².